The number of nitrogens with zero attached hydrogens (tertiary/aromatic N) is 4. The van der Waals surface area contributed by atoms with E-state index in [1.165, 1.54) is 0 Å². The van der Waals surface area contributed by atoms with Crippen molar-refractivity contribution >= 4 is 58.1 Å². The smallest absolute Gasteiger partial charge is 0.416 e. The first kappa shape index (κ1) is 34.9. The highest BCUT2D eigenvalue weighted by atomic mass is 35.5. The number of aromatic amines is 1. The van der Waals surface area contributed by atoms with E-state index in [0.717, 1.165) is 28.5 Å². The van der Waals surface area contributed by atoms with Crippen LogP contribution in [0, 0.1) is 0 Å². The molecule has 0 unspecified atom stereocenters. The van der Waals surface area contributed by atoms with E-state index >= 15 is 0 Å². The Morgan fingerprint density at radius 1 is 0.913 bits per heavy atom. The lowest BCUT2D eigenvalue weighted by Crippen LogP contribution is -2.14. The third-order valence-corrected chi connectivity index (χ3v) is 8.63. The molecule has 2 aromatic heterocycles. The van der Waals surface area contributed by atoms with Gasteiger partial charge >= 0.3 is 12.4 Å². The molecule has 0 bridgehead atoms. The van der Waals surface area contributed by atoms with Crippen molar-refractivity contribution in [3.8, 4) is 17.2 Å². The summed E-state index contributed by atoms with van der Waals surface area (Å²) in [5, 5.41) is 23.3. The highest BCUT2D eigenvalue weighted by Gasteiger charge is 2.35. The van der Waals surface area contributed by atoms with Crippen molar-refractivity contribution in [1.82, 2.24) is 9.55 Å². The molecule has 0 aliphatic rings. The van der Waals surface area contributed by atoms with E-state index in [4.69, 9.17) is 40.3 Å². The Morgan fingerprint density at radius 2 is 1.46 bits per heavy atom. The first-order valence-corrected chi connectivity index (χ1v) is 14.6. The van der Waals surface area contributed by atoms with Crippen LogP contribution in [0.1, 0.15) is 49.7 Å². The van der Waals surface area contributed by atoms with Gasteiger partial charge in [-0.1, -0.05) is 39.9 Å². The molecule has 0 aliphatic heterocycles. The Labute approximate surface area is 273 Å². The largest absolute Gasteiger partial charge is 0.507 e. The van der Waals surface area contributed by atoms with Crippen LogP contribution in [0.25, 0.3) is 16.1 Å². The third kappa shape index (κ3) is 7.05. The van der Waals surface area contributed by atoms with E-state index in [1.807, 2.05) is 0 Å². The van der Waals surface area contributed by atoms with E-state index in [9.17, 15) is 46.1 Å². The van der Waals surface area contributed by atoms with E-state index in [1.54, 1.807) is 0 Å². The van der Waals surface area contributed by atoms with Gasteiger partial charge in [-0.15, -0.1) is 11.8 Å². The molecule has 0 atom stereocenters. The van der Waals surface area contributed by atoms with Crippen molar-refractivity contribution in [3.63, 3.8) is 0 Å². The van der Waals surface area contributed by atoms with Crippen LogP contribution in [0.15, 0.2) is 52.6 Å². The second kappa shape index (κ2) is 13.4. The number of ketones is 2. The number of azide groups is 1. The molecule has 4 rings (SSSR count). The van der Waals surface area contributed by atoms with Crippen molar-refractivity contribution in [2.24, 2.45) is 5.11 Å². The minimum absolute atomic E-state index is 0.0422. The van der Waals surface area contributed by atoms with Gasteiger partial charge in [-0.2, -0.15) is 26.3 Å². The number of phenols is 2. The highest BCUT2D eigenvalue weighted by Crippen LogP contribution is 2.43. The molecule has 46 heavy (non-hydrogen) atoms. The van der Waals surface area contributed by atoms with Crippen LogP contribution in [-0.4, -0.2) is 43.6 Å². The number of hydrogen-bond acceptors (Lipinski definition) is 6. The Morgan fingerprint density at radius 3 is 1.96 bits per heavy atom. The fourth-order valence-electron chi connectivity index (χ4n) is 4.22. The molecule has 19 heteroatoms. The molecule has 0 saturated heterocycles. The van der Waals surface area contributed by atoms with Crippen LogP contribution < -0.4 is 0 Å². The van der Waals surface area contributed by atoms with E-state index in [-0.39, 0.29) is 38.2 Å². The number of aromatic nitrogens is 2. The Kier molecular flexibility index (Phi) is 10.2. The van der Waals surface area contributed by atoms with Crippen LogP contribution in [0.3, 0.4) is 0 Å². The minimum atomic E-state index is -4.84. The fraction of sp³-hybridized carbons (Fsp3) is 0.185. The second-order valence-electron chi connectivity index (χ2n) is 9.27. The SMILES string of the molecule is [N-]=[N+]=NCCCSc1c(Cl)cc(C(=O)c2ccc(C(F)(F)F)cc2O)n1-c1c(C(=O)c2ccc(C(F)(F)F)cc2O)[nH]c(Cl)c1Cl. The van der Waals surface area contributed by atoms with Gasteiger partial charge in [-0.25, -0.2) is 0 Å². The number of carbonyl (C=O) groups excluding carboxylic acids is 2. The van der Waals surface area contributed by atoms with Crippen molar-refractivity contribution in [2.45, 2.75) is 23.8 Å². The van der Waals surface area contributed by atoms with Crippen molar-refractivity contribution < 1.29 is 46.1 Å². The van der Waals surface area contributed by atoms with Crippen LogP contribution in [0.2, 0.25) is 15.2 Å². The summed E-state index contributed by atoms with van der Waals surface area (Å²) in [5.74, 6) is -4.05. The number of carbonyl (C=O) groups is 2. The number of benzene rings is 2. The molecule has 242 valence electrons. The summed E-state index contributed by atoms with van der Waals surface area (Å²) in [6.07, 6.45) is -9.38. The van der Waals surface area contributed by atoms with Crippen molar-refractivity contribution in [1.29, 1.82) is 0 Å². The molecule has 3 N–H and O–H groups in total. The number of nitrogens with one attached hydrogen (secondary N) is 1. The minimum Gasteiger partial charge on any atom is -0.507 e. The van der Waals surface area contributed by atoms with Gasteiger partial charge in [-0.3, -0.25) is 14.2 Å². The van der Waals surface area contributed by atoms with Crippen LogP contribution >= 0.6 is 46.6 Å². The maximum absolute atomic E-state index is 13.8. The summed E-state index contributed by atoms with van der Waals surface area (Å²) in [5.41, 5.74) is 3.56. The molecule has 0 amide bonds. The lowest BCUT2D eigenvalue weighted by Gasteiger charge is -2.16. The Hall–Kier alpha value is -3.95. The number of alkyl halides is 6. The average Bonchev–Trinajstić information content (AvgIpc) is 3.45. The lowest BCUT2D eigenvalue weighted by molar-refractivity contribution is -0.138. The molecule has 2 heterocycles. The molecule has 0 aliphatic carbocycles. The molecule has 0 radical (unpaired) electrons. The topological polar surface area (TPSA) is 144 Å². The van der Waals surface area contributed by atoms with Gasteiger partial charge in [0, 0.05) is 11.5 Å². The predicted molar refractivity (Wildman–Crippen MR) is 158 cm³/mol. The van der Waals surface area contributed by atoms with E-state index < -0.39 is 69.1 Å². The Bertz CT molecular complexity index is 1900. The summed E-state index contributed by atoms with van der Waals surface area (Å²) in [6, 6.07) is 4.34. The summed E-state index contributed by atoms with van der Waals surface area (Å²) < 4.78 is 80.1. The van der Waals surface area contributed by atoms with Gasteiger partial charge in [0.25, 0.3) is 0 Å². The maximum atomic E-state index is 13.8. The predicted octanol–water partition coefficient (Wildman–Crippen LogP) is 9.47. The average molecular weight is 727 g/mol. The lowest BCUT2D eigenvalue weighted by atomic mass is 10.0. The molecular formula is C27H16Cl3F6N5O4S. The summed E-state index contributed by atoms with van der Waals surface area (Å²) in [7, 11) is 0. The standard InChI is InChI=1S/C27H16Cl3F6N5O4S/c28-15-10-16(22(44)13-4-2-11(8-17(13)42)26(31,32)33)41(25(15)46-7-1-6-38-40-37)21-19(29)24(30)39-20(21)23(45)14-5-3-12(9-18(14)43)27(34,35)36/h2-5,8-10,39,42-43H,1,6-7H2. The van der Waals surface area contributed by atoms with Crippen molar-refractivity contribution in [2.75, 3.05) is 12.3 Å². The van der Waals surface area contributed by atoms with Crippen LogP contribution in [0.4, 0.5) is 26.3 Å². The van der Waals surface area contributed by atoms with Gasteiger partial charge in [0.2, 0.25) is 11.6 Å². The molecule has 0 saturated carbocycles. The van der Waals surface area contributed by atoms with Gasteiger partial charge in [-0.05, 0) is 60.2 Å². The summed E-state index contributed by atoms with van der Waals surface area (Å²) in [4.78, 5) is 32.5. The first-order chi connectivity index (χ1) is 21.5. The number of thioether (sulfide) groups is 1. The quantitative estimate of drug-likeness (QED) is 0.0284. The normalized spacial score (nSPS) is 11.8. The molecule has 4 aromatic rings. The van der Waals surface area contributed by atoms with E-state index in [2.05, 4.69) is 15.0 Å². The molecule has 9 nitrogen and oxygen atoms in total. The van der Waals surface area contributed by atoms with Crippen molar-refractivity contribution in [3.05, 3.63) is 102 Å². The highest BCUT2D eigenvalue weighted by molar-refractivity contribution is 7.99. The Balaban J connectivity index is 1.92. The zero-order valence-electron chi connectivity index (χ0n) is 22.5. The number of H-pyrrole nitrogens is 1. The zero-order chi connectivity index (χ0) is 34.1. The fourth-order valence-corrected chi connectivity index (χ4v) is 5.96. The summed E-state index contributed by atoms with van der Waals surface area (Å²) in [6.45, 7) is 0.0702. The number of aromatic hydroxyl groups is 2. The molecular weight excluding hydrogens is 711 g/mol. The number of halogens is 9. The van der Waals surface area contributed by atoms with Crippen LogP contribution in [-0.2, 0) is 12.4 Å². The number of hydrogen-bond donors (Lipinski definition) is 3. The second-order valence-corrected chi connectivity index (χ2v) is 11.5. The molecule has 0 spiro atoms. The monoisotopic (exact) mass is 725 g/mol. The third-order valence-electron chi connectivity index (χ3n) is 6.31. The van der Waals surface area contributed by atoms with Gasteiger partial charge in [0.1, 0.15) is 27.4 Å². The van der Waals surface area contributed by atoms with Gasteiger partial charge < -0.3 is 15.2 Å². The first-order valence-electron chi connectivity index (χ1n) is 12.5. The molecule has 2 aromatic carbocycles. The van der Waals surface area contributed by atoms with Crippen LogP contribution in [0.5, 0.6) is 11.5 Å². The maximum Gasteiger partial charge on any atom is 0.416 e. The van der Waals surface area contributed by atoms with E-state index in [0.29, 0.717) is 36.8 Å². The van der Waals surface area contributed by atoms with Gasteiger partial charge in [0.05, 0.1) is 43.7 Å². The number of rotatable bonds is 10. The molecule has 0 fully saturated rings. The van der Waals surface area contributed by atoms with Gasteiger partial charge in [0.15, 0.2) is 0 Å². The summed E-state index contributed by atoms with van der Waals surface area (Å²) >= 11 is 20.2. The zero-order valence-corrected chi connectivity index (χ0v) is 25.6. The number of phenolic OH excluding ortho intramolecular Hbond substituents is 2.